The molecule has 0 spiro atoms. The minimum absolute atomic E-state index is 0.249. The van der Waals surface area contributed by atoms with Gasteiger partial charge in [0.15, 0.2) is 0 Å². The molecule has 4 rings (SSSR count). The Labute approximate surface area is 123 Å². The number of halogens is 1. The van der Waals surface area contributed by atoms with Crippen molar-refractivity contribution >= 4 is 0 Å². The van der Waals surface area contributed by atoms with Gasteiger partial charge in [0.25, 0.3) is 0 Å². The molecule has 21 heavy (non-hydrogen) atoms. The Kier molecular flexibility index (Phi) is 3.03. The highest BCUT2D eigenvalue weighted by atomic mass is 19.1. The first-order valence-corrected chi connectivity index (χ1v) is 7.65. The lowest BCUT2D eigenvalue weighted by molar-refractivity contribution is 0.189. The molecule has 2 aliphatic rings. The van der Waals surface area contributed by atoms with Gasteiger partial charge in [0, 0.05) is 29.9 Å². The molecule has 5 heteroatoms. The van der Waals surface area contributed by atoms with Gasteiger partial charge in [0.1, 0.15) is 5.82 Å². The van der Waals surface area contributed by atoms with Crippen LogP contribution in [0.3, 0.4) is 0 Å². The fraction of sp³-hybridized carbons (Fsp3) is 0.500. The molecule has 0 unspecified atom stereocenters. The smallest absolute Gasteiger partial charge is 0.126 e. The normalized spacial score (nSPS) is 24.9. The van der Waals surface area contributed by atoms with Gasteiger partial charge in [-0.2, -0.15) is 5.10 Å². The third-order valence-corrected chi connectivity index (χ3v) is 4.64. The number of aromatic nitrogens is 3. The summed E-state index contributed by atoms with van der Waals surface area (Å²) < 4.78 is 15.5. The summed E-state index contributed by atoms with van der Waals surface area (Å²) in [5.74, 6) is 0.900. The number of hydrogen-bond acceptors (Lipinski definition) is 3. The zero-order valence-corrected chi connectivity index (χ0v) is 11.9. The topological polar surface area (TPSA) is 56.7 Å². The van der Waals surface area contributed by atoms with Gasteiger partial charge in [0.05, 0.1) is 17.4 Å². The van der Waals surface area contributed by atoms with Gasteiger partial charge in [-0.1, -0.05) is 0 Å². The molecule has 0 amide bonds. The van der Waals surface area contributed by atoms with Crippen LogP contribution in [0.1, 0.15) is 43.3 Å². The molecule has 2 saturated carbocycles. The predicted molar refractivity (Wildman–Crippen MR) is 78.2 cm³/mol. The molecule has 4 nitrogen and oxygen atoms in total. The van der Waals surface area contributed by atoms with Crippen LogP contribution in [0.25, 0.3) is 11.3 Å². The molecule has 0 aliphatic heterocycles. The van der Waals surface area contributed by atoms with Gasteiger partial charge in [0.2, 0.25) is 0 Å². The number of nitrogens with zero attached hydrogens (tertiary/aromatic N) is 3. The van der Waals surface area contributed by atoms with Gasteiger partial charge >= 0.3 is 0 Å². The number of nitrogens with two attached hydrogens (primary N) is 1. The highest BCUT2D eigenvalue weighted by Gasteiger charge is 2.34. The number of hydrogen-bond donors (Lipinski definition) is 1. The van der Waals surface area contributed by atoms with E-state index in [2.05, 4.69) is 9.67 Å². The van der Waals surface area contributed by atoms with Crippen LogP contribution in [-0.4, -0.2) is 21.3 Å². The van der Waals surface area contributed by atoms with Crippen LogP contribution in [0.4, 0.5) is 4.39 Å². The molecule has 2 aromatic rings. The van der Waals surface area contributed by atoms with E-state index in [1.165, 1.54) is 31.2 Å². The van der Waals surface area contributed by atoms with Crippen molar-refractivity contribution in [2.45, 2.75) is 37.6 Å². The highest BCUT2D eigenvalue weighted by Crippen LogP contribution is 2.45. The summed E-state index contributed by atoms with van der Waals surface area (Å²) >= 11 is 0. The van der Waals surface area contributed by atoms with Crippen molar-refractivity contribution in [1.82, 2.24) is 14.8 Å². The van der Waals surface area contributed by atoms with Crippen molar-refractivity contribution in [2.24, 2.45) is 11.7 Å². The predicted octanol–water partition coefficient (Wildman–Crippen LogP) is 2.87. The van der Waals surface area contributed by atoms with Crippen molar-refractivity contribution in [2.75, 3.05) is 6.54 Å². The summed E-state index contributed by atoms with van der Waals surface area (Å²) in [7, 11) is 0. The number of pyridine rings is 1. The van der Waals surface area contributed by atoms with E-state index in [-0.39, 0.29) is 5.82 Å². The van der Waals surface area contributed by atoms with E-state index in [0.29, 0.717) is 23.6 Å². The summed E-state index contributed by atoms with van der Waals surface area (Å²) in [5.41, 5.74) is 8.47. The molecule has 2 N–H and O–H groups in total. The average Bonchev–Trinajstić information content (AvgIpc) is 3.18. The second kappa shape index (κ2) is 4.91. The largest absolute Gasteiger partial charge is 0.330 e. The van der Waals surface area contributed by atoms with Crippen LogP contribution in [0.15, 0.2) is 24.5 Å². The van der Waals surface area contributed by atoms with Crippen LogP contribution in [0.2, 0.25) is 0 Å². The second-order valence-corrected chi connectivity index (χ2v) is 6.27. The van der Waals surface area contributed by atoms with Crippen LogP contribution in [0.5, 0.6) is 0 Å². The van der Waals surface area contributed by atoms with Gasteiger partial charge in [-0.25, -0.2) is 4.39 Å². The highest BCUT2D eigenvalue weighted by molar-refractivity contribution is 5.62. The van der Waals surface area contributed by atoms with E-state index in [1.807, 2.05) is 6.20 Å². The average molecular weight is 286 g/mol. The first-order chi connectivity index (χ1) is 10.2. The standard InChI is InChI=1S/C16H19FN4/c17-12-3-4-19-15(7-12)14-9-21(13-5-10(6-13)8-18)20-16(14)11-1-2-11/h3-4,7,9-11,13H,1-2,5-6,8,18H2. The minimum Gasteiger partial charge on any atom is -0.330 e. The zero-order chi connectivity index (χ0) is 14.4. The van der Waals surface area contributed by atoms with E-state index in [1.54, 1.807) is 0 Å². The van der Waals surface area contributed by atoms with E-state index in [9.17, 15) is 4.39 Å². The van der Waals surface area contributed by atoms with Gasteiger partial charge < -0.3 is 5.73 Å². The molecule has 2 fully saturated rings. The Morgan fingerprint density at radius 3 is 2.81 bits per heavy atom. The summed E-state index contributed by atoms with van der Waals surface area (Å²) in [4.78, 5) is 4.31. The lowest BCUT2D eigenvalue weighted by Gasteiger charge is -2.34. The molecule has 110 valence electrons. The molecule has 2 aliphatic carbocycles. The molecule has 0 radical (unpaired) electrons. The van der Waals surface area contributed by atoms with E-state index >= 15 is 0 Å². The Morgan fingerprint density at radius 2 is 2.14 bits per heavy atom. The third-order valence-electron chi connectivity index (χ3n) is 4.64. The van der Waals surface area contributed by atoms with E-state index in [0.717, 1.165) is 30.6 Å². The van der Waals surface area contributed by atoms with Crippen molar-refractivity contribution in [3.63, 3.8) is 0 Å². The maximum absolute atomic E-state index is 13.5. The monoisotopic (exact) mass is 286 g/mol. The quantitative estimate of drug-likeness (QED) is 0.940. The van der Waals surface area contributed by atoms with Gasteiger partial charge in [-0.15, -0.1) is 0 Å². The molecule has 0 aromatic carbocycles. The Hall–Kier alpha value is -1.75. The van der Waals surface area contributed by atoms with Gasteiger partial charge in [-0.3, -0.25) is 9.67 Å². The Bertz CT molecular complexity index is 656. The molecule has 2 aromatic heterocycles. The molecule has 0 saturated heterocycles. The van der Waals surface area contributed by atoms with Crippen LogP contribution in [-0.2, 0) is 0 Å². The van der Waals surface area contributed by atoms with Crippen LogP contribution >= 0.6 is 0 Å². The van der Waals surface area contributed by atoms with Crippen molar-refractivity contribution in [3.8, 4) is 11.3 Å². The maximum Gasteiger partial charge on any atom is 0.126 e. The molecular formula is C16H19FN4. The molecule has 0 atom stereocenters. The second-order valence-electron chi connectivity index (χ2n) is 6.27. The lowest BCUT2D eigenvalue weighted by atomic mass is 9.80. The molecular weight excluding hydrogens is 267 g/mol. The molecule has 0 bridgehead atoms. The number of rotatable bonds is 4. The summed E-state index contributed by atoms with van der Waals surface area (Å²) in [5, 5.41) is 4.78. The van der Waals surface area contributed by atoms with Crippen molar-refractivity contribution < 1.29 is 4.39 Å². The summed E-state index contributed by atoms with van der Waals surface area (Å²) in [6, 6.07) is 3.32. The first-order valence-electron chi connectivity index (χ1n) is 7.65. The van der Waals surface area contributed by atoms with Crippen molar-refractivity contribution in [1.29, 1.82) is 0 Å². The maximum atomic E-state index is 13.5. The van der Waals surface area contributed by atoms with E-state index in [4.69, 9.17) is 10.8 Å². The molecule has 2 heterocycles. The van der Waals surface area contributed by atoms with Crippen LogP contribution < -0.4 is 5.73 Å². The third kappa shape index (κ3) is 2.35. The fourth-order valence-electron chi connectivity index (χ4n) is 3.11. The minimum atomic E-state index is -0.249. The SMILES string of the molecule is NCC1CC(n2cc(-c3cc(F)ccn3)c(C3CC3)n2)C1. The van der Waals surface area contributed by atoms with E-state index < -0.39 is 0 Å². The Balaban J connectivity index is 1.68. The Morgan fingerprint density at radius 1 is 1.33 bits per heavy atom. The van der Waals surface area contributed by atoms with Crippen LogP contribution in [0, 0.1) is 11.7 Å². The summed E-state index contributed by atoms with van der Waals surface area (Å²) in [6.07, 6.45) is 8.11. The van der Waals surface area contributed by atoms with Gasteiger partial charge in [-0.05, 0) is 44.2 Å². The van der Waals surface area contributed by atoms with Crippen molar-refractivity contribution in [3.05, 3.63) is 36.0 Å². The lowest BCUT2D eigenvalue weighted by Crippen LogP contribution is -2.32. The zero-order valence-electron chi connectivity index (χ0n) is 11.9. The fourth-order valence-corrected chi connectivity index (χ4v) is 3.11. The summed E-state index contributed by atoms with van der Waals surface area (Å²) in [6.45, 7) is 0.756. The first kappa shape index (κ1) is 13.0.